The smallest absolute Gasteiger partial charge is 0.328 e. The minimum absolute atomic E-state index is 0.204. The number of nitrogens with one attached hydrogen (secondary N) is 1. The van der Waals surface area contributed by atoms with Crippen LogP contribution in [0.1, 0.15) is 38.9 Å². The zero-order valence-corrected chi connectivity index (χ0v) is 24.2. The molecular weight excluding hydrogens is 576 g/mol. The van der Waals surface area contributed by atoms with Gasteiger partial charge in [-0.05, 0) is 48.7 Å². The van der Waals surface area contributed by atoms with Gasteiger partial charge in [0.15, 0.2) is 0 Å². The summed E-state index contributed by atoms with van der Waals surface area (Å²) in [6.45, 7) is 2.15. The third-order valence-electron chi connectivity index (χ3n) is 7.26. The third-order valence-corrected chi connectivity index (χ3v) is 8.42. The lowest BCUT2D eigenvalue weighted by atomic mass is 10.1. The summed E-state index contributed by atoms with van der Waals surface area (Å²) in [6, 6.07) is 17.0. The molecule has 42 heavy (non-hydrogen) atoms. The van der Waals surface area contributed by atoms with Gasteiger partial charge in [-0.3, -0.25) is 14.6 Å². The molecule has 0 saturated carbocycles. The summed E-state index contributed by atoms with van der Waals surface area (Å²) in [4.78, 5) is 45.5. The van der Waals surface area contributed by atoms with Gasteiger partial charge < -0.3 is 15.0 Å². The molecule has 212 valence electrons. The molecule has 2 amide bonds. The lowest BCUT2D eigenvalue weighted by Gasteiger charge is -2.22. The van der Waals surface area contributed by atoms with E-state index >= 15 is 0 Å². The maximum Gasteiger partial charge on any atom is 0.328 e. The molecule has 1 N–H and O–H groups in total. The van der Waals surface area contributed by atoms with E-state index in [0.717, 1.165) is 22.2 Å². The average molecular weight is 601 g/mol. The van der Waals surface area contributed by atoms with E-state index in [9.17, 15) is 14.4 Å². The number of likely N-dealkylation sites (tertiary alicyclic amines) is 1. The fraction of sp³-hybridized carbons (Fsp3) is 0.200. The number of hydrogen-bond acceptors (Lipinski definition) is 8. The number of esters is 1. The van der Waals surface area contributed by atoms with E-state index < -0.39 is 23.8 Å². The fourth-order valence-electron chi connectivity index (χ4n) is 5.11. The molecule has 0 aliphatic carbocycles. The van der Waals surface area contributed by atoms with Gasteiger partial charge in [-0.25, -0.2) is 9.48 Å². The van der Waals surface area contributed by atoms with E-state index in [1.807, 2.05) is 43.5 Å². The van der Waals surface area contributed by atoms with Crippen LogP contribution in [0.2, 0.25) is 5.02 Å². The van der Waals surface area contributed by atoms with Crippen LogP contribution in [-0.4, -0.2) is 62.4 Å². The second-order valence-electron chi connectivity index (χ2n) is 9.93. The molecule has 4 heterocycles. The zero-order valence-electron chi connectivity index (χ0n) is 22.7. The van der Waals surface area contributed by atoms with Crippen molar-refractivity contribution in [3.05, 3.63) is 94.1 Å². The molecule has 5 aromatic rings. The summed E-state index contributed by atoms with van der Waals surface area (Å²) in [5.74, 6) is -1.36. The summed E-state index contributed by atoms with van der Waals surface area (Å²) in [5, 5.41) is 14.9. The van der Waals surface area contributed by atoms with Crippen LogP contribution in [-0.2, 0) is 9.53 Å². The van der Waals surface area contributed by atoms with E-state index in [4.69, 9.17) is 16.3 Å². The average Bonchev–Trinajstić information content (AvgIpc) is 3.76. The zero-order chi connectivity index (χ0) is 29.4. The molecule has 1 fully saturated rings. The van der Waals surface area contributed by atoms with E-state index in [0.29, 0.717) is 27.7 Å². The number of carbonyl (C=O) groups excluding carboxylic acids is 3. The normalized spacial score (nSPS) is 16.5. The number of anilines is 1. The molecule has 6 rings (SSSR count). The number of aryl methyl sites for hydroxylation is 1. The lowest BCUT2D eigenvalue weighted by molar-refractivity contribution is -0.145. The number of nitrogens with zero attached hydrogens (tertiary/aromatic N) is 5. The van der Waals surface area contributed by atoms with E-state index in [1.54, 1.807) is 40.4 Å². The Hall–Kier alpha value is -4.61. The number of thiophene rings is 1. The molecule has 0 radical (unpaired) electrons. The molecular formula is C30H25ClN6O4S. The van der Waals surface area contributed by atoms with Gasteiger partial charge in [0.2, 0.25) is 0 Å². The Labute approximate surface area is 249 Å². The van der Waals surface area contributed by atoms with Crippen molar-refractivity contribution >= 4 is 56.6 Å². The number of methoxy groups -OCH3 is 1. The van der Waals surface area contributed by atoms with Gasteiger partial charge in [-0.15, -0.1) is 16.4 Å². The standard InChI is InChI=1S/C30H25ClN6O4S/c1-17-7-8-18-13-19(9-10-24(18)32-17)25-16-37(35-34-25)20-14-26(30(40)41-2)36(15-20)29(39)22-11-12-42-28(22)33-27(38)21-5-3-4-6-23(21)31/h3-13,16,20,26H,14-15H2,1-2H3,(H,33,38)/t20-,26-/m1/s1. The van der Waals surface area contributed by atoms with E-state index in [2.05, 4.69) is 20.6 Å². The van der Waals surface area contributed by atoms with Crippen LogP contribution in [0.3, 0.4) is 0 Å². The first-order chi connectivity index (χ1) is 20.3. The highest BCUT2D eigenvalue weighted by molar-refractivity contribution is 7.14. The number of pyridine rings is 1. The van der Waals surface area contributed by atoms with Crippen molar-refractivity contribution in [2.24, 2.45) is 0 Å². The SMILES string of the molecule is COC(=O)[C@H]1C[C@@H](n2cc(-c3ccc4nc(C)ccc4c3)nn2)CN1C(=O)c1ccsc1NC(=O)c1ccccc1Cl. The van der Waals surface area contributed by atoms with E-state index in [1.165, 1.54) is 23.3 Å². The number of halogens is 1. The van der Waals surface area contributed by atoms with Gasteiger partial charge in [0.25, 0.3) is 11.8 Å². The van der Waals surface area contributed by atoms with Gasteiger partial charge >= 0.3 is 5.97 Å². The van der Waals surface area contributed by atoms with Crippen LogP contribution in [0.15, 0.2) is 72.2 Å². The molecule has 10 nitrogen and oxygen atoms in total. The van der Waals surface area contributed by atoms with Crippen molar-refractivity contribution in [1.29, 1.82) is 0 Å². The number of fused-ring (bicyclic) bond motifs is 1. The number of aromatic nitrogens is 4. The Morgan fingerprint density at radius 3 is 2.71 bits per heavy atom. The maximum atomic E-state index is 13.8. The van der Waals surface area contributed by atoms with Crippen LogP contribution in [0.5, 0.6) is 0 Å². The number of carbonyl (C=O) groups is 3. The highest BCUT2D eigenvalue weighted by atomic mass is 35.5. The maximum absolute atomic E-state index is 13.8. The largest absolute Gasteiger partial charge is 0.467 e. The fourth-order valence-corrected chi connectivity index (χ4v) is 6.10. The number of ether oxygens (including phenoxy) is 1. The third kappa shape index (κ3) is 5.24. The predicted molar refractivity (Wildman–Crippen MR) is 160 cm³/mol. The van der Waals surface area contributed by atoms with Crippen molar-refractivity contribution in [3.8, 4) is 11.3 Å². The molecule has 3 aromatic heterocycles. The van der Waals surface area contributed by atoms with Gasteiger partial charge in [0.1, 0.15) is 16.7 Å². The summed E-state index contributed by atoms with van der Waals surface area (Å²) in [6.07, 6.45) is 2.11. The van der Waals surface area contributed by atoms with Gasteiger partial charge in [0.05, 0.1) is 41.0 Å². The first kappa shape index (κ1) is 27.6. The first-order valence-electron chi connectivity index (χ1n) is 13.1. The van der Waals surface area contributed by atoms with Crippen molar-refractivity contribution in [3.63, 3.8) is 0 Å². The second-order valence-corrected chi connectivity index (χ2v) is 11.3. The first-order valence-corrected chi connectivity index (χ1v) is 14.4. The topological polar surface area (TPSA) is 119 Å². The Kier molecular flexibility index (Phi) is 7.44. The molecule has 1 aliphatic rings. The van der Waals surface area contributed by atoms with Gasteiger partial charge in [-0.1, -0.05) is 41.1 Å². The highest BCUT2D eigenvalue weighted by Crippen LogP contribution is 2.34. The predicted octanol–water partition coefficient (Wildman–Crippen LogP) is 5.40. The van der Waals surface area contributed by atoms with Crippen LogP contribution in [0, 0.1) is 6.92 Å². The van der Waals surface area contributed by atoms with Gasteiger partial charge in [0, 0.05) is 29.6 Å². The highest BCUT2D eigenvalue weighted by Gasteiger charge is 2.42. The van der Waals surface area contributed by atoms with Crippen molar-refractivity contribution < 1.29 is 19.1 Å². The minimum Gasteiger partial charge on any atom is -0.467 e. The van der Waals surface area contributed by atoms with Crippen molar-refractivity contribution in [1.82, 2.24) is 24.9 Å². The van der Waals surface area contributed by atoms with E-state index in [-0.39, 0.29) is 18.2 Å². The summed E-state index contributed by atoms with van der Waals surface area (Å²) in [7, 11) is 1.29. The number of hydrogen-bond donors (Lipinski definition) is 1. The number of amides is 2. The minimum atomic E-state index is -0.831. The van der Waals surface area contributed by atoms with Crippen molar-refractivity contribution in [2.45, 2.75) is 25.4 Å². The molecule has 0 unspecified atom stereocenters. The quantitative estimate of drug-likeness (QED) is 0.259. The summed E-state index contributed by atoms with van der Waals surface area (Å²) < 4.78 is 6.72. The number of rotatable bonds is 6. The molecule has 1 aliphatic heterocycles. The Balaban J connectivity index is 1.23. The van der Waals surface area contributed by atoms with Crippen LogP contribution < -0.4 is 5.32 Å². The molecule has 0 spiro atoms. The second kappa shape index (κ2) is 11.3. The monoisotopic (exact) mass is 600 g/mol. The lowest BCUT2D eigenvalue weighted by Crippen LogP contribution is -2.41. The molecule has 2 atom stereocenters. The molecule has 1 saturated heterocycles. The van der Waals surface area contributed by atoms with Crippen LogP contribution in [0.25, 0.3) is 22.2 Å². The molecule has 0 bridgehead atoms. The van der Waals surface area contributed by atoms with Gasteiger partial charge in [-0.2, -0.15) is 0 Å². The molecule has 2 aromatic carbocycles. The summed E-state index contributed by atoms with van der Waals surface area (Å²) in [5.41, 5.74) is 3.95. The Morgan fingerprint density at radius 1 is 1.07 bits per heavy atom. The summed E-state index contributed by atoms with van der Waals surface area (Å²) >= 11 is 7.39. The Bertz CT molecular complexity index is 1840. The van der Waals surface area contributed by atoms with Crippen LogP contribution >= 0.6 is 22.9 Å². The van der Waals surface area contributed by atoms with Crippen molar-refractivity contribution in [2.75, 3.05) is 19.0 Å². The Morgan fingerprint density at radius 2 is 1.90 bits per heavy atom. The number of benzene rings is 2. The molecule has 12 heteroatoms. The van der Waals surface area contributed by atoms with Crippen LogP contribution in [0.4, 0.5) is 5.00 Å².